The molecule has 2 aromatic carbocycles. The molecule has 3 rings (SSSR count). The average molecular weight is 231 g/mol. The fourth-order valence-corrected chi connectivity index (χ4v) is 2.80. The summed E-state index contributed by atoms with van der Waals surface area (Å²) in [5, 5.41) is 2.87. The number of alkyl halides is 1. The Balaban J connectivity index is 2.20. The summed E-state index contributed by atoms with van der Waals surface area (Å²) in [7, 11) is 0. The van der Waals surface area contributed by atoms with Gasteiger partial charge in [-0.15, -0.1) is 11.6 Å². The molecule has 16 heavy (non-hydrogen) atoms. The van der Waals surface area contributed by atoms with Crippen molar-refractivity contribution in [2.24, 2.45) is 5.92 Å². The molecule has 1 fully saturated rings. The minimum Gasteiger partial charge on any atom is -0.117 e. The van der Waals surface area contributed by atoms with Gasteiger partial charge in [0.2, 0.25) is 0 Å². The number of halogens is 1. The van der Waals surface area contributed by atoms with Gasteiger partial charge in [-0.1, -0.05) is 36.4 Å². The van der Waals surface area contributed by atoms with Crippen molar-refractivity contribution in [1.82, 2.24) is 0 Å². The number of rotatable bonds is 2. The van der Waals surface area contributed by atoms with Crippen LogP contribution in [0.15, 0.2) is 36.4 Å². The molecule has 82 valence electrons. The van der Waals surface area contributed by atoms with Crippen molar-refractivity contribution in [2.75, 3.05) is 0 Å². The van der Waals surface area contributed by atoms with E-state index in [1.807, 2.05) is 0 Å². The van der Waals surface area contributed by atoms with Gasteiger partial charge in [-0.05, 0) is 47.6 Å². The minimum atomic E-state index is 0.200. The van der Waals surface area contributed by atoms with E-state index in [9.17, 15) is 0 Å². The zero-order valence-electron chi connectivity index (χ0n) is 9.41. The smallest absolute Gasteiger partial charge is 0.0619 e. The van der Waals surface area contributed by atoms with Crippen LogP contribution in [0.5, 0.6) is 0 Å². The molecule has 1 aliphatic carbocycles. The molecule has 0 spiro atoms. The lowest BCUT2D eigenvalue weighted by Gasteiger charge is -2.13. The predicted octanol–water partition coefficient (Wildman–Crippen LogP) is 4.84. The zero-order valence-corrected chi connectivity index (χ0v) is 10.2. The van der Waals surface area contributed by atoms with Gasteiger partial charge in [0.25, 0.3) is 0 Å². The standard InChI is InChI=1S/C15H15Cl/c1-10-6-9-14(15(16)11-7-8-11)13-5-3-2-4-12(10)13/h2-6,9,11,15H,7-8H2,1H3. The molecule has 1 saturated carbocycles. The highest BCUT2D eigenvalue weighted by Crippen LogP contribution is 2.46. The molecule has 1 unspecified atom stereocenters. The van der Waals surface area contributed by atoms with Crippen LogP contribution >= 0.6 is 11.6 Å². The molecule has 0 aliphatic heterocycles. The Morgan fingerprint density at radius 2 is 1.75 bits per heavy atom. The number of fused-ring (bicyclic) bond motifs is 1. The van der Waals surface area contributed by atoms with E-state index < -0.39 is 0 Å². The van der Waals surface area contributed by atoms with Crippen molar-refractivity contribution in [3.63, 3.8) is 0 Å². The van der Waals surface area contributed by atoms with Crippen molar-refractivity contribution in [3.05, 3.63) is 47.5 Å². The normalized spacial score (nSPS) is 17.6. The molecule has 2 aromatic rings. The van der Waals surface area contributed by atoms with Gasteiger partial charge in [0.1, 0.15) is 0 Å². The van der Waals surface area contributed by atoms with Crippen LogP contribution in [0.4, 0.5) is 0 Å². The Bertz CT molecular complexity index is 526. The highest BCUT2D eigenvalue weighted by Gasteiger charge is 2.31. The highest BCUT2D eigenvalue weighted by molar-refractivity contribution is 6.22. The predicted molar refractivity (Wildman–Crippen MR) is 70.0 cm³/mol. The maximum atomic E-state index is 6.53. The molecule has 0 bridgehead atoms. The van der Waals surface area contributed by atoms with Crippen LogP contribution in [0, 0.1) is 12.8 Å². The van der Waals surface area contributed by atoms with Crippen molar-refractivity contribution in [1.29, 1.82) is 0 Å². The van der Waals surface area contributed by atoms with Crippen LogP contribution < -0.4 is 0 Å². The van der Waals surface area contributed by atoms with Crippen LogP contribution in [0.25, 0.3) is 10.8 Å². The number of hydrogen-bond donors (Lipinski definition) is 0. The molecule has 0 radical (unpaired) electrons. The second-order valence-electron chi connectivity index (χ2n) is 4.76. The molecule has 0 N–H and O–H groups in total. The molecule has 0 heterocycles. The first-order valence-electron chi connectivity index (χ1n) is 5.89. The zero-order chi connectivity index (χ0) is 11.1. The van der Waals surface area contributed by atoms with Gasteiger partial charge in [-0.2, -0.15) is 0 Å². The van der Waals surface area contributed by atoms with Crippen molar-refractivity contribution in [2.45, 2.75) is 25.1 Å². The topological polar surface area (TPSA) is 0 Å². The first-order chi connectivity index (χ1) is 7.77. The van der Waals surface area contributed by atoms with E-state index in [2.05, 4.69) is 43.3 Å². The number of aryl methyl sites for hydroxylation is 1. The fraction of sp³-hybridized carbons (Fsp3) is 0.333. The highest BCUT2D eigenvalue weighted by atomic mass is 35.5. The van der Waals surface area contributed by atoms with E-state index in [-0.39, 0.29) is 5.38 Å². The van der Waals surface area contributed by atoms with Crippen LogP contribution in [-0.2, 0) is 0 Å². The summed E-state index contributed by atoms with van der Waals surface area (Å²) in [5.74, 6) is 0.702. The van der Waals surface area contributed by atoms with E-state index in [4.69, 9.17) is 11.6 Å². The summed E-state index contributed by atoms with van der Waals surface area (Å²) < 4.78 is 0. The van der Waals surface area contributed by atoms with Crippen molar-refractivity contribution >= 4 is 22.4 Å². The van der Waals surface area contributed by atoms with Crippen molar-refractivity contribution in [3.8, 4) is 0 Å². The number of hydrogen-bond acceptors (Lipinski definition) is 0. The van der Waals surface area contributed by atoms with Crippen LogP contribution in [-0.4, -0.2) is 0 Å². The third-order valence-electron chi connectivity index (χ3n) is 3.51. The second-order valence-corrected chi connectivity index (χ2v) is 5.23. The van der Waals surface area contributed by atoms with Gasteiger partial charge in [-0.3, -0.25) is 0 Å². The third-order valence-corrected chi connectivity index (χ3v) is 4.10. The first kappa shape index (κ1) is 10.2. The third kappa shape index (κ3) is 1.62. The summed E-state index contributed by atoms with van der Waals surface area (Å²) in [4.78, 5) is 0. The van der Waals surface area contributed by atoms with Crippen LogP contribution in [0.1, 0.15) is 29.3 Å². The number of benzene rings is 2. The first-order valence-corrected chi connectivity index (χ1v) is 6.33. The molecular formula is C15H15Cl. The maximum Gasteiger partial charge on any atom is 0.0619 e. The molecule has 0 aromatic heterocycles. The summed E-state index contributed by atoms with van der Waals surface area (Å²) >= 11 is 6.53. The summed E-state index contributed by atoms with van der Waals surface area (Å²) in [5.41, 5.74) is 2.64. The lowest BCUT2D eigenvalue weighted by molar-refractivity contribution is 0.803. The minimum absolute atomic E-state index is 0.200. The van der Waals surface area contributed by atoms with Crippen LogP contribution in [0.3, 0.4) is 0 Å². The average Bonchev–Trinajstić information content (AvgIpc) is 3.13. The van der Waals surface area contributed by atoms with E-state index >= 15 is 0 Å². The lowest BCUT2D eigenvalue weighted by Crippen LogP contribution is -1.95. The second kappa shape index (κ2) is 3.78. The summed E-state index contributed by atoms with van der Waals surface area (Å²) in [6, 6.07) is 13.0. The van der Waals surface area contributed by atoms with Crippen LogP contribution in [0.2, 0.25) is 0 Å². The fourth-order valence-electron chi connectivity index (χ4n) is 2.36. The molecule has 1 heteroatoms. The van der Waals surface area contributed by atoms with Gasteiger partial charge in [0, 0.05) is 0 Å². The lowest BCUT2D eigenvalue weighted by atomic mass is 9.97. The quantitative estimate of drug-likeness (QED) is 0.648. The Labute approximate surface area is 101 Å². The Kier molecular flexibility index (Phi) is 2.40. The van der Waals surface area contributed by atoms with Gasteiger partial charge in [-0.25, -0.2) is 0 Å². The van der Waals surface area contributed by atoms with Gasteiger partial charge in [0.05, 0.1) is 5.38 Å². The summed E-state index contributed by atoms with van der Waals surface area (Å²) in [6.45, 7) is 2.16. The molecular weight excluding hydrogens is 216 g/mol. The molecule has 0 amide bonds. The molecule has 1 atom stereocenters. The van der Waals surface area contributed by atoms with Gasteiger partial charge >= 0.3 is 0 Å². The Morgan fingerprint density at radius 1 is 1.06 bits per heavy atom. The molecule has 0 saturated heterocycles. The van der Waals surface area contributed by atoms with E-state index in [0.29, 0.717) is 5.92 Å². The SMILES string of the molecule is Cc1ccc(C(Cl)C2CC2)c2ccccc12. The molecule has 1 aliphatic rings. The van der Waals surface area contributed by atoms with Gasteiger partial charge < -0.3 is 0 Å². The largest absolute Gasteiger partial charge is 0.117 e. The maximum absolute atomic E-state index is 6.53. The molecule has 0 nitrogen and oxygen atoms in total. The van der Waals surface area contributed by atoms with E-state index in [0.717, 1.165) is 0 Å². The Hall–Kier alpha value is -1.01. The van der Waals surface area contributed by atoms with Gasteiger partial charge in [0.15, 0.2) is 0 Å². The summed E-state index contributed by atoms with van der Waals surface area (Å²) in [6.07, 6.45) is 2.58. The van der Waals surface area contributed by atoms with E-state index in [1.165, 1.54) is 34.7 Å². The van der Waals surface area contributed by atoms with Crippen molar-refractivity contribution < 1.29 is 0 Å². The Morgan fingerprint density at radius 3 is 2.44 bits per heavy atom. The van der Waals surface area contributed by atoms with E-state index in [1.54, 1.807) is 0 Å². The monoisotopic (exact) mass is 230 g/mol.